The average molecular weight is 607 g/mol. The van der Waals surface area contributed by atoms with E-state index in [1.54, 1.807) is 0 Å². The van der Waals surface area contributed by atoms with Crippen LogP contribution in [0.15, 0.2) is 158 Å². The van der Waals surface area contributed by atoms with Crippen molar-refractivity contribution in [1.29, 1.82) is 0 Å². The Morgan fingerprint density at radius 1 is 0.413 bits per heavy atom. The molecule has 0 amide bonds. The summed E-state index contributed by atoms with van der Waals surface area (Å²) in [7, 11) is 0. The van der Waals surface area contributed by atoms with E-state index < -0.39 is 0 Å². The van der Waals surface area contributed by atoms with E-state index >= 15 is 0 Å². The maximum Gasteiger partial charge on any atom is 0.164 e. The third kappa shape index (κ3) is 4.57. The number of fused-ring (bicyclic) bond motifs is 4. The third-order valence-electron chi connectivity index (χ3n) is 8.45. The van der Waals surface area contributed by atoms with Crippen molar-refractivity contribution < 1.29 is 0 Å². The summed E-state index contributed by atoms with van der Waals surface area (Å²) in [6.45, 7) is 0. The van der Waals surface area contributed by atoms with Crippen LogP contribution in [0, 0.1) is 0 Å². The van der Waals surface area contributed by atoms with Gasteiger partial charge in [0.25, 0.3) is 0 Å². The summed E-state index contributed by atoms with van der Waals surface area (Å²) in [6.07, 6.45) is 0. The topological polar surface area (TPSA) is 43.6 Å². The van der Waals surface area contributed by atoms with E-state index in [0.29, 0.717) is 17.5 Å². The van der Waals surface area contributed by atoms with E-state index in [2.05, 4.69) is 102 Å². The first-order valence-electron chi connectivity index (χ1n) is 15.3. The van der Waals surface area contributed by atoms with Crippen LogP contribution in [0.1, 0.15) is 0 Å². The quantitative estimate of drug-likeness (QED) is 0.196. The van der Waals surface area contributed by atoms with Crippen molar-refractivity contribution in [3.8, 4) is 50.3 Å². The molecule has 0 saturated carbocycles. The Kier molecular flexibility index (Phi) is 6.28. The smallest absolute Gasteiger partial charge is 0.164 e. The molecule has 3 aromatic heterocycles. The minimum atomic E-state index is 0.664. The Morgan fingerprint density at radius 3 is 1.67 bits per heavy atom. The number of hydrogen-bond acceptors (Lipinski definition) is 4. The van der Waals surface area contributed by atoms with Gasteiger partial charge in [-0.2, -0.15) is 0 Å². The average Bonchev–Trinajstić information content (AvgIpc) is 3.71. The second kappa shape index (κ2) is 10.9. The molecule has 4 nitrogen and oxygen atoms in total. The maximum atomic E-state index is 4.94. The van der Waals surface area contributed by atoms with E-state index in [0.717, 1.165) is 16.7 Å². The molecular weight excluding hydrogens is 581 g/mol. The van der Waals surface area contributed by atoms with Gasteiger partial charge in [0.1, 0.15) is 0 Å². The number of benzene rings is 6. The first-order valence-corrected chi connectivity index (χ1v) is 16.1. The molecule has 0 saturated heterocycles. The molecule has 3 heterocycles. The molecule has 0 N–H and O–H groups in total. The first-order chi connectivity index (χ1) is 22.8. The van der Waals surface area contributed by atoms with Crippen molar-refractivity contribution in [3.05, 3.63) is 158 Å². The highest BCUT2D eigenvalue weighted by atomic mass is 32.1. The second-order valence-corrected chi connectivity index (χ2v) is 12.4. The maximum absolute atomic E-state index is 4.94. The number of hydrogen-bond donors (Lipinski definition) is 0. The number of para-hydroxylation sites is 2. The van der Waals surface area contributed by atoms with Gasteiger partial charge in [0.15, 0.2) is 17.5 Å². The highest BCUT2D eigenvalue weighted by molar-refractivity contribution is 7.22. The summed E-state index contributed by atoms with van der Waals surface area (Å²) in [5.41, 5.74) is 7.69. The van der Waals surface area contributed by atoms with Crippen LogP contribution >= 0.6 is 11.3 Å². The SMILES string of the molecule is c1ccc(-c2nc(-c3ccccc3)nc(-c3ccc4sc(-c5ccc6c(c5)c5ccccc5n6-c5ccccc5)cc4c3)n2)cc1. The van der Waals surface area contributed by atoms with Gasteiger partial charge in [-0.05, 0) is 65.5 Å². The van der Waals surface area contributed by atoms with E-state index in [4.69, 9.17) is 15.0 Å². The van der Waals surface area contributed by atoms with E-state index in [1.165, 1.54) is 48.0 Å². The zero-order chi connectivity index (χ0) is 30.5. The van der Waals surface area contributed by atoms with E-state index in [9.17, 15) is 0 Å². The van der Waals surface area contributed by atoms with E-state index in [-0.39, 0.29) is 0 Å². The molecule has 0 unspecified atom stereocenters. The summed E-state index contributed by atoms with van der Waals surface area (Å²) in [5, 5.41) is 3.68. The number of rotatable bonds is 5. The van der Waals surface area contributed by atoms with Crippen LogP contribution in [0.3, 0.4) is 0 Å². The molecule has 6 aromatic carbocycles. The summed E-state index contributed by atoms with van der Waals surface area (Å²) in [4.78, 5) is 16.0. The lowest BCUT2D eigenvalue weighted by atomic mass is 10.1. The monoisotopic (exact) mass is 606 g/mol. The summed E-state index contributed by atoms with van der Waals surface area (Å²) >= 11 is 1.81. The summed E-state index contributed by atoms with van der Waals surface area (Å²) in [6, 6.07) is 55.1. The third-order valence-corrected chi connectivity index (χ3v) is 9.61. The van der Waals surface area contributed by atoms with Gasteiger partial charge in [-0.3, -0.25) is 0 Å². The van der Waals surface area contributed by atoms with Crippen molar-refractivity contribution in [2.75, 3.05) is 0 Å². The highest BCUT2D eigenvalue weighted by Crippen LogP contribution is 2.39. The highest BCUT2D eigenvalue weighted by Gasteiger charge is 2.16. The van der Waals surface area contributed by atoms with Gasteiger partial charge in [-0.1, -0.05) is 103 Å². The largest absolute Gasteiger partial charge is 0.309 e. The van der Waals surface area contributed by atoms with Gasteiger partial charge in [-0.15, -0.1) is 11.3 Å². The van der Waals surface area contributed by atoms with Crippen LogP contribution in [-0.2, 0) is 0 Å². The van der Waals surface area contributed by atoms with Crippen molar-refractivity contribution in [3.63, 3.8) is 0 Å². The molecule has 46 heavy (non-hydrogen) atoms. The van der Waals surface area contributed by atoms with Crippen molar-refractivity contribution in [2.24, 2.45) is 0 Å². The predicted molar refractivity (Wildman–Crippen MR) is 191 cm³/mol. The molecule has 0 radical (unpaired) electrons. The van der Waals surface area contributed by atoms with Crippen LogP contribution < -0.4 is 0 Å². The van der Waals surface area contributed by atoms with Crippen LogP contribution in [0.25, 0.3) is 82.2 Å². The Hall–Kier alpha value is -5.91. The molecule has 0 spiro atoms. The fraction of sp³-hybridized carbons (Fsp3) is 0. The van der Waals surface area contributed by atoms with Crippen molar-refractivity contribution >= 4 is 43.2 Å². The van der Waals surface area contributed by atoms with Gasteiger partial charge >= 0.3 is 0 Å². The second-order valence-electron chi connectivity index (χ2n) is 11.3. The van der Waals surface area contributed by atoms with Crippen molar-refractivity contribution in [1.82, 2.24) is 19.5 Å². The standard InChI is InChI=1S/C41H26N4S/c1-4-12-27(13-5-1)39-42-40(28-14-6-2-7-15-28)44-41(43-39)30-21-23-37-31(24-30)26-38(46-37)29-20-22-36-34(25-29)33-18-10-11-19-35(33)45(36)32-16-8-3-9-17-32/h1-26H. The molecule has 9 rings (SSSR count). The molecule has 216 valence electrons. The molecule has 5 heteroatoms. The molecule has 0 bridgehead atoms. The molecule has 0 aliphatic rings. The number of nitrogens with zero attached hydrogens (tertiary/aromatic N) is 4. The Balaban J connectivity index is 1.15. The van der Waals surface area contributed by atoms with Gasteiger partial charge in [0, 0.05) is 42.7 Å². The van der Waals surface area contributed by atoms with Crippen LogP contribution in [-0.4, -0.2) is 19.5 Å². The lowest BCUT2D eigenvalue weighted by molar-refractivity contribution is 1.07. The minimum absolute atomic E-state index is 0.664. The van der Waals surface area contributed by atoms with Gasteiger partial charge in [0.05, 0.1) is 11.0 Å². The molecular formula is C41H26N4S. The minimum Gasteiger partial charge on any atom is -0.309 e. The molecule has 0 atom stereocenters. The van der Waals surface area contributed by atoms with Crippen LogP contribution in [0.2, 0.25) is 0 Å². The molecule has 9 aromatic rings. The van der Waals surface area contributed by atoms with Crippen LogP contribution in [0.4, 0.5) is 0 Å². The zero-order valence-corrected chi connectivity index (χ0v) is 25.5. The normalized spacial score (nSPS) is 11.5. The Labute approximate surface area is 269 Å². The summed E-state index contributed by atoms with van der Waals surface area (Å²) in [5.74, 6) is 1.99. The predicted octanol–water partition coefficient (Wildman–Crippen LogP) is 10.9. The van der Waals surface area contributed by atoms with E-state index in [1.807, 2.05) is 72.0 Å². The molecule has 0 fully saturated rings. The first kappa shape index (κ1) is 26.5. The zero-order valence-electron chi connectivity index (χ0n) is 24.7. The number of aromatic nitrogens is 4. The Morgan fingerprint density at radius 2 is 0.978 bits per heavy atom. The number of thiophene rings is 1. The Bertz CT molecular complexity index is 2460. The lowest BCUT2D eigenvalue weighted by Gasteiger charge is -2.08. The van der Waals surface area contributed by atoms with Gasteiger partial charge in [-0.25, -0.2) is 15.0 Å². The fourth-order valence-corrected chi connectivity index (χ4v) is 7.28. The van der Waals surface area contributed by atoms with Crippen molar-refractivity contribution in [2.45, 2.75) is 0 Å². The van der Waals surface area contributed by atoms with Crippen LogP contribution in [0.5, 0.6) is 0 Å². The van der Waals surface area contributed by atoms with Gasteiger partial charge in [0.2, 0.25) is 0 Å². The fourth-order valence-electron chi connectivity index (χ4n) is 6.24. The summed E-state index contributed by atoms with van der Waals surface area (Å²) < 4.78 is 3.58. The van der Waals surface area contributed by atoms with Gasteiger partial charge < -0.3 is 4.57 Å². The lowest BCUT2D eigenvalue weighted by Crippen LogP contribution is -1.99. The molecule has 0 aliphatic carbocycles. The molecule has 0 aliphatic heterocycles.